The Morgan fingerprint density at radius 3 is 3.00 bits per heavy atom. The minimum absolute atomic E-state index is 0.0534. The van der Waals surface area contributed by atoms with Crippen LogP contribution in [0.2, 0.25) is 5.28 Å². The molecule has 102 valence electrons. The largest absolute Gasteiger partial charge is 0.396 e. The van der Waals surface area contributed by atoms with Crippen molar-refractivity contribution in [3.05, 3.63) is 29.0 Å². The Morgan fingerprint density at radius 2 is 2.32 bits per heavy atom. The minimum atomic E-state index is -0.167. The van der Waals surface area contributed by atoms with Crippen LogP contribution in [-0.2, 0) is 7.05 Å². The number of aryl methyl sites for hydroxylation is 1. The molecular formula is C13H16ClN3O2. The molecule has 1 aromatic heterocycles. The van der Waals surface area contributed by atoms with Crippen molar-refractivity contribution in [2.24, 2.45) is 7.05 Å². The lowest BCUT2D eigenvalue weighted by Gasteiger charge is -2.12. The van der Waals surface area contributed by atoms with Crippen molar-refractivity contribution in [1.29, 1.82) is 0 Å². The van der Waals surface area contributed by atoms with Crippen LogP contribution in [0.4, 0.5) is 0 Å². The molecule has 1 aromatic carbocycles. The lowest BCUT2D eigenvalue weighted by atomic mass is 10.1. The Balaban J connectivity index is 2.25. The molecule has 0 saturated carbocycles. The summed E-state index contributed by atoms with van der Waals surface area (Å²) in [5, 5.41) is 12.0. The third-order valence-corrected chi connectivity index (χ3v) is 3.37. The van der Waals surface area contributed by atoms with Crippen LogP contribution in [0.25, 0.3) is 11.0 Å². The first-order chi connectivity index (χ1) is 9.02. The Kier molecular flexibility index (Phi) is 4.07. The topological polar surface area (TPSA) is 67.2 Å². The lowest BCUT2D eigenvalue weighted by molar-refractivity contribution is 0.0934. The lowest BCUT2D eigenvalue weighted by Crippen LogP contribution is -2.33. The number of hydrogen-bond donors (Lipinski definition) is 2. The van der Waals surface area contributed by atoms with Gasteiger partial charge in [-0.1, -0.05) is 0 Å². The maximum atomic E-state index is 12.0. The highest BCUT2D eigenvalue weighted by Gasteiger charge is 2.12. The van der Waals surface area contributed by atoms with Gasteiger partial charge in [0.1, 0.15) is 0 Å². The third kappa shape index (κ3) is 2.88. The molecule has 0 spiro atoms. The van der Waals surface area contributed by atoms with Crippen molar-refractivity contribution in [2.45, 2.75) is 19.4 Å². The van der Waals surface area contributed by atoms with E-state index in [0.717, 1.165) is 11.0 Å². The predicted octanol–water partition coefficient (Wildman–Crippen LogP) is 1.73. The van der Waals surface area contributed by atoms with E-state index in [9.17, 15) is 4.79 Å². The molecule has 1 heterocycles. The summed E-state index contributed by atoms with van der Waals surface area (Å²) in [6, 6.07) is 5.18. The van der Waals surface area contributed by atoms with E-state index in [1.54, 1.807) is 29.8 Å². The van der Waals surface area contributed by atoms with Crippen molar-refractivity contribution in [3.63, 3.8) is 0 Å². The Labute approximate surface area is 116 Å². The van der Waals surface area contributed by atoms with E-state index in [-0.39, 0.29) is 18.6 Å². The van der Waals surface area contributed by atoms with Crippen LogP contribution in [0.15, 0.2) is 18.2 Å². The summed E-state index contributed by atoms with van der Waals surface area (Å²) >= 11 is 5.93. The van der Waals surface area contributed by atoms with Gasteiger partial charge in [0.2, 0.25) is 5.28 Å². The Bertz CT molecular complexity index is 609. The molecule has 0 radical (unpaired) electrons. The number of benzene rings is 1. The second kappa shape index (κ2) is 5.59. The highest BCUT2D eigenvalue weighted by atomic mass is 35.5. The first kappa shape index (κ1) is 13.8. The molecule has 0 aliphatic rings. The third-order valence-electron chi connectivity index (χ3n) is 3.03. The number of carbonyl (C=O) groups is 1. The van der Waals surface area contributed by atoms with Gasteiger partial charge in [-0.25, -0.2) is 4.98 Å². The fraction of sp³-hybridized carbons (Fsp3) is 0.385. The molecule has 6 heteroatoms. The molecule has 0 fully saturated rings. The number of aliphatic hydroxyl groups excluding tert-OH is 1. The molecule has 2 rings (SSSR count). The van der Waals surface area contributed by atoms with Crippen LogP contribution in [0.1, 0.15) is 23.7 Å². The summed E-state index contributed by atoms with van der Waals surface area (Å²) in [6.07, 6.45) is 0.533. The zero-order valence-electron chi connectivity index (χ0n) is 10.9. The fourth-order valence-electron chi connectivity index (χ4n) is 1.87. The van der Waals surface area contributed by atoms with Gasteiger partial charge in [0.05, 0.1) is 11.0 Å². The molecule has 5 nitrogen and oxygen atoms in total. The van der Waals surface area contributed by atoms with Gasteiger partial charge in [-0.2, -0.15) is 0 Å². The standard InChI is InChI=1S/C13H16ClN3O2/c1-8(5-6-18)15-12(19)9-3-4-10-11(7-9)17(2)13(14)16-10/h3-4,7-8,18H,5-6H2,1-2H3,(H,15,19). The average molecular weight is 282 g/mol. The van der Waals surface area contributed by atoms with Crippen LogP contribution in [0.5, 0.6) is 0 Å². The highest BCUT2D eigenvalue weighted by molar-refractivity contribution is 6.29. The van der Waals surface area contributed by atoms with Crippen molar-refractivity contribution in [1.82, 2.24) is 14.9 Å². The molecule has 2 N–H and O–H groups in total. The molecule has 2 aromatic rings. The van der Waals surface area contributed by atoms with Gasteiger partial charge in [-0.05, 0) is 43.1 Å². The number of halogens is 1. The molecular weight excluding hydrogens is 266 g/mol. The maximum Gasteiger partial charge on any atom is 0.251 e. The number of imidazole rings is 1. The smallest absolute Gasteiger partial charge is 0.251 e. The van der Waals surface area contributed by atoms with E-state index in [1.807, 2.05) is 6.92 Å². The summed E-state index contributed by atoms with van der Waals surface area (Å²) in [4.78, 5) is 16.2. The number of rotatable bonds is 4. The molecule has 1 unspecified atom stereocenters. The quantitative estimate of drug-likeness (QED) is 0.897. The van der Waals surface area contributed by atoms with Gasteiger partial charge in [-0.15, -0.1) is 0 Å². The molecule has 1 atom stereocenters. The number of nitrogens with one attached hydrogen (secondary N) is 1. The van der Waals surface area contributed by atoms with Crippen LogP contribution in [-0.4, -0.2) is 33.2 Å². The van der Waals surface area contributed by atoms with E-state index < -0.39 is 0 Å². The van der Waals surface area contributed by atoms with Crippen LogP contribution >= 0.6 is 11.6 Å². The predicted molar refractivity (Wildman–Crippen MR) is 74.4 cm³/mol. The summed E-state index contributed by atoms with van der Waals surface area (Å²) in [5.41, 5.74) is 2.12. The number of carbonyl (C=O) groups excluding carboxylic acids is 1. The zero-order valence-corrected chi connectivity index (χ0v) is 11.6. The Hall–Kier alpha value is -1.59. The second-order valence-corrected chi connectivity index (χ2v) is 4.87. The number of hydrogen-bond acceptors (Lipinski definition) is 3. The molecule has 0 saturated heterocycles. The number of aliphatic hydroxyl groups is 1. The summed E-state index contributed by atoms with van der Waals surface area (Å²) in [6.45, 7) is 1.91. The number of fused-ring (bicyclic) bond motifs is 1. The van der Waals surface area contributed by atoms with Crippen LogP contribution < -0.4 is 5.32 Å². The van der Waals surface area contributed by atoms with Gasteiger partial charge < -0.3 is 15.0 Å². The summed E-state index contributed by atoms with van der Waals surface area (Å²) in [5.74, 6) is -0.167. The van der Waals surface area contributed by atoms with Crippen molar-refractivity contribution >= 4 is 28.5 Å². The van der Waals surface area contributed by atoms with Gasteiger partial charge in [0.15, 0.2) is 0 Å². The number of nitrogens with zero attached hydrogens (tertiary/aromatic N) is 2. The van der Waals surface area contributed by atoms with Crippen molar-refractivity contribution in [2.75, 3.05) is 6.61 Å². The van der Waals surface area contributed by atoms with Crippen molar-refractivity contribution < 1.29 is 9.90 Å². The highest BCUT2D eigenvalue weighted by Crippen LogP contribution is 2.19. The average Bonchev–Trinajstić information content (AvgIpc) is 2.65. The maximum absolute atomic E-state index is 12.0. The van der Waals surface area contributed by atoms with E-state index in [1.165, 1.54) is 0 Å². The molecule has 0 bridgehead atoms. The van der Waals surface area contributed by atoms with E-state index in [2.05, 4.69) is 10.3 Å². The van der Waals surface area contributed by atoms with Gasteiger partial charge in [0.25, 0.3) is 5.91 Å². The molecule has 0 aliphatic carbocycles. The monoisotopic (exact) mass is 281 g/mol. The first-order valence-electron chi connectivity index (χ1n) is 6.06. The normalized spacial score (nSPS) is 12.6. The van der Waals surface area contributed by atoms with E-state index >= 15 is 0 Å². The SMILES string of the molecule is CC(CCO)NC(=O)c1ccc2nc(Cl)n(C)c2c1. The van der Waals surface area contributed by atoms with Crippen LogP contribution in [0.3, 0.4) is 0 Å². The minimum Gasteiger partial charge on any atom is -0.396 e. The Morgan fingerprint density at radius 1 is 1.58 bits per heavy atom. The zero-order chi connectivity index (χ0) is 14.0. The van der Waals surface area contributed by atoms with Crippen LogP contribution in [0, 0.1) is 0 Å². The fourth-order valence-corrected chi connectivity index (χ4v) is 2.06. The van der Waals surface area contributed by atoms with Gasteiger partial charge in [-0.3, -0.25) is 4.79 Å². The van der Waals surface area contributed by atoms with Crippen molar-refractivity contribution in [3.8, 4) is 0 Å². The molecule has 19 heavy (non-hydrogen) atoms. The first-order valence-corrected chi connectivity index (χ1v) is 6.44. The number of aromatic nitrogens is 2. The van der Waals surface area contributed by atoms with Gasteiger partial charge >= 0.3 is 0 Å². The second-order valence-electron chi connectivity index (χ2n) is 4.53. The molecule has 0 aliphatic heterocycles. The summed E-state index contributed by atoms with van der Waals surface area (Å²) < 4.78 is 1.73. The van der Waals surface area contributed by atoms with Gasteiger partial charge in [0, 0.05) is 25.3 Å². The number of amides is 1. The van der Waals surface area contributed by atoms with E-state index in [0.29, 0.717) is 17.3 Å². The summed E-state index contributed by atoms with van der Waals surface area (Å²) in [7, 11) is 1.80. The molecule has 1 amide bonds. The van der Waals surface area contributed by atoms with E-state index in [4.69, 9.17) is 16.7 Å².